The van der Waals surface area contributed by atoms with Gasteiger partial charge in [-0.15, -0.1) is 21.5 Å². The maximum atomic E-state index is 14.3. The Morgan fingerprint density at radius 1 is 0.896 bits per heavy atom. The lowest BCUT2D eigenvalue weighted by atomic mass is 9.91. The van der Waals surface area contributed by atoms with Crippen LogP contribution in [0.4, 0.5) is 17.2 Å². The van der Waals surface area contributed by atoms with Crippen LogP contribution in [0.2, 0.25) is 0 Å². The van der Waals surface area contributed by atoms with Crippen LogP contribution in [-0.2, 0) is 20.7 Å². The van der Waals surface area contributed by atoms with Crippen molar-refractivity contribution in [3.8, 4) is 33.3 Å². The van der Waals surface area contributed by atoms with Crippen molar-refractivity contribution >= 4 is 40.3 Å². The zero-order valence-corrected chi connectivity index (χ0v) is 45.2. The number of likely N-dealkylation sites (tertiary alicyclic amines) is 2. The normalized spacial score (nSPS) is 23.5. The molecule has 19 heteroatoms. The number of phenols is 1. The Morgan fingerprint density at radius 3 is 2.39 bits per heavy atom. The third kappa shape index (κ3) is 11.5. The number of benzene rings is 2. The summed E-state index contributed by atoms with van der Waals surface area (Å²) in [7, 11) is 0. The molecule has 5 aliphatic rings. The van der Waals surface area contributed by atoms with Gasteiger partial charge in [-0.25, -0.2) is 9.97 Å². The fourth-order valence-electron chi connectivity index (χ4n) is 12.2. The first-order chi connectivity index (χ1) is 37.3. The van der Waals surface area contributed by atoms with Gasteiger partial charge in [-0.1, -0.05) is 55.4 Å². The average Bonchev–Trinajstić information content (AvgIpc) is 4.22. The number of aromatic nitrogens is 5. The standard InChI is InChI=1S/C58H71N11O7S/c1-34(2)54(58(73)68-32-43(70)26-50(68)57(72)62-35(3)37-11-13-38(14-12-37)55-36(4)61-33-77-55)52-24-39(65-76-52)8-7-21-66-22-18-44(19-23-66)74-45-27-46(28-45)75-53-25-40(17-20-60-53)69-41-15-16-42(69)31-67(30-41)49-29-48(63-64-56(49)59)47-9-5-6-10-51(47)71/h5-6,9-14,17,20,24-25,29,33-35,41-46,50,54,70-71H,7-8,15-16,18-19,21-23,26-28,30-32H2,1-4H3,(H2,59,64)(H,62,72)/t35-,41+,42?,43+,45?,46?,50-,54+/m0/s1. The number of ether oxygens (including phenoxy) is 2. The van der Waals surface area contributed by atoms with Gasteiger partial charge in [-0.05, 0) is 100 Å². The minimum absolute atomic E-state index is 0.0723. The lowest BCUT2D eigenvalue weighted by molar-refractivity contribution is -0.141. The average molecular weight is 1070 g/mol. The number of piperazine rings is 1. The van der Waals surface area contributed by atoms with Crippen LogP contribution in [0.25, 0.3) is 21.7 Å². The topological polar surface area (TPSA) is 222 Å². The predicted octanol–water partition coefficient (Wildman–Crippen LogP) is 7.71. The fraction of sp³-hybridized carbons (Fsp3) is 0.500. The number of para-hydroxylation sites is 1. The number of carbonyl (C=O) groups excluding carboxylic acids is 2. The number of piperidine rings is 1. The van der Waals surface area contributed by atoms with Gasteiger partial charge in [0, 0.05) is 93.7 Å². The van der Waals surface area contributed by atoms with Crippen LogP contribution in [0.1, 0.15) is 107 Å². The highest BCUT2D eigenvalue weighted by Crippen LogP contribution is 2.41. The molecule has 1 unspecified atom stereocenters. The second-order valence-electron chi connectivity index (χ2n) is 22.1. The monoisotopic (exact) mass is 1070 g/mol. The molecule has 406 valence electrons. The SMILES string of the molecule is Cc1ncsc1-c1ccc([C@H](C)NC(=O)[C@@H]2C[C@@H](O)CN2C(=O)[C@@H](c2cc(CCCN3CCC(OC4CC(Oc5cc(N6C7CC[C@@H]6CN(c6cc(-c8ccccc8O)nnc6N)C7)ccn5)C4)CC3)no2)C(C)C)cc1. The molecule has 11 rings (SSSR count). The van der Waals surface area contributed by atoms with E-state index in [4.69, 9.17) is 19.7 Å². The first-order valence-electron chi connectivity index (χ1n) is 27.5. The van der Waals surface area contributed by atoms with Crippen LogP contribution < -0.4 is 25.6 Å². The Kier molecular flexibility index (Phi) is 15.5. The quantitative estimate of drug-likeness (QED) is 0.0647. The van der Waals surface area contributed by atoms with Crippen LogP contribution >= 0.6 is 11.3 Å². The number of nitrogens with one attached hydrogen (secondary N) is 1. The predicted molar refractivity (Wildman–Crippen MR) is 295 cm³/mol. The van der Waals surface area contributed by atoms with Gasteiger partial charge in [-0.2, -0.15) is 0 Å². The van der Waals surface area contributed by atoms with Crippen molar-refractivity contribution in [1.82, 2.24) is 40.4 Å². The molecule has 18 nitrogen and oxygen atoms in total. The summed E-state index contributed by atoms with van der Waals surface area (Å²) in [6.45, 7) is 12.4. The molecule has 0 spiro atoms. The van der Waals surface area contributed by atoms with Crippen molar-refractivity contribution in [2.75, 3.05) is 54.8 Å². The Morgan fingerprint density at radius 2 is 1.66 bits per heavy atom. The number of nitrogen functional groups attached to an aromatic ring is 1. The number of thiazole rings is 1. The molecule has 8 heterocycles. The van der Waals surface area contributed by atoms with Crippen molar-refractivity contribution in [2.45, 2.75) is 140 Å². The van der Waals surface area contributed by atoms with E-state index in [1.165, 1.54) is 4.90 Å². The maximum absolute atomic E-state index is 14.3. The minimum Gasteiger partial charge on any atom is -0.507 e. The summed E-state index contributed by atoms with van der Waals surface area (Å²) in [6.07, 6.45) is 9.15. The smallest absolute Gasteiger partial charge is 0.243 e. The minimum atomic E-state index is -0.801. The first-order valence-corrected chi connectivity index (χ1v) is 28.4. The summed E-state index contributed by atoms with van der Waals surface area (Å²) >= 11 is 1.60. The van der Waals surface area contributed by atoms with E-state index >= 15 is 0 Å². The number of aryl methyl sites for hydroxylation is 2. The molecule has 0 radical (unpaired) electrons. The molecule has 4 aromatic heterocycles. The van der Waals surface area contributed by atoms with Gasteiger partial charge in [0.05, 0.1) is 57.5 Å². The van der Waals surface area contributed by atoms with Crippen LogP contribution in [0.3, 0.4) is 0 Å². The number of hydrogen-bond acceptors (Lipinski definition) is 17. The number of aliphatic hydroxyl groups excluding tert-OH is 1. The maximum Gasteiger partial charge on any atom is 0.243 e. The highest BCUT2D eigenvalue weighted by Gasteiger charge is 2.44. The second-order valence-corrected chi connectivity index (χ2v) is 23.0. The molecule has 4 saturated heterocycles. The molecule has 2 amide bonds. The van der Waals surface area contributed by atoms with Crippen molar-refractivity contribution in [3.63, 3.8) is 0 Å². The van der Waals surface area contributed by atoms with Crippen LogP contribution in [-0.4, -0.2) is 139 Å². The number of phenolic OH excluding ortho intramolecular Hbond substituents is 1. The second kappa shape index (κ2) is 22.7. The zero-order chi connectivity index (χ0) is 53.3. The van der Waals surface area contributed by atoms with Gasteiger partial charge in [0.2, 0.25) is 17.7 Å². The van der Waals surface area contributed by atoms with Gasteiger partial charge in [-0.3, -0.25) is 9.59 Å². The van der Waals surface area contributed by atoms with Crippen LogP contribution in [0, 0.1) is 12.8 Å². The number of nitrogens with zero attached hydrogens (tertiary/aromatic N) is 9. The Balaban J connectivity index is 0.601. The summed E-state index contributed by atoms with van der Waals surface area (Å²) in [5, 5.41) is 37.3. The number of hydrogen-bond donors (Lipinski definition) is 4. The number of carbonyl (C=O) groups is 2. The highest BCUT2D eigenvalue weighted by atomic mass is 32.1. The molecule has 5 N–H and O–H groups in total. The summed E-state index contributed by atoms with van der Waals surface area (Å²) < 4.78 is 18.9. The molecule has 5 fully saturated rings. The zero-order valence-electron chi connectivity index (χ0n) is 44.4. The Hall–Kier alpha value is -6.67. The van der Waals surface area contributed by atoms with E-state index in [0.717, 1.165) is 123 Å². The lowest BCUT2D eigenvalue weighted by Crippen LogP contribution is -2.54. The van der Waals surface area contributed by atoms with Gasteiger partial charge >= 0.3 is 0 Å². The highest BCUT2D eigenvalue weighted by molar-refractivity contribution is 7.13. The lowest BCUT2D eigenvalue weighted by Gasteiger charge is -2.43. The van der Waals surface area contributed by atoms with Gasteiger partial charge in [0.1, 0.15) is 29.6 Å². The van der Waals surface area contributed by atoms with Gasteiger partial charge in [0.15, 0.2) is 5.82 Å². The molecule has 6 aromatic rings. The van der Waals surface area contributed by atoms with Crippen LogP contribution in [0.15, 0.2) is 89.0 Å². The number of fused-ring (bicyclic) bond motifs is 2. The summed E-state index contributed by atoms with van der Waals surface area (Å²) in [5.41, 5.74) is 15.2. The Labute approximate surface area is 454 Å². The third-order valence-corrected chi connectivity index (χ3v) is 17.4. The largest absolute Gasteiger partial charge is 0.507 e. The Bertz CT molecular complexity index is 3000. The molecule has 77 heavy (non-hydrogen) atoms. The first kappa shape index (κ1) is 52.4. The van der Waals surface area contributed by atoms with Crippen molar-refractivity contribution < 1.29 is 33.8 Å². The summed E-state index contributed by atoms with van der Waals surface area (Å²) in [5.74, 6) is 0.395. The molecular formula is C58H71N11O7S. The molecule has 1 aliphatic carbocycles. The fourth-order valence-corrected chi connectivity index (χ4v) is 13.1. The number of β-amino-alcohol motifs (C(OH)–C–C–N with tert-alkyl or cyclic N) is 1. The van der Waals surface area contributed by atoms with Gasteiger partial charge < -0.3 is 54.9 Å². The summed E-state index contributed by atoms with van der Waals surface area (Å²) in [4.78, 5) is 47.0. The van der Waals surface area contributed by atoms with E-state index in [2.05, 4.69) is 57.5 Å². The molecule has 1 saturated carbocycles. The van der Waals surface area contributed by atoms with Crippen molar-refractivity contribution in [1.29, 1.82) is 0 Å². The molecular weight excluding hydrogens is 995 g/mol. The summed E-state index contributed by atoms with van der Waals surface area (Å²) in [6, 6.07) is 22.7. The number of amides is 2. The van der Waals surface area contributed by atoms with Crippen LogP contribution in [0.5, 0.6) is 11.6 Å². The van der Waals surface area contributed by atoms with Crippen molar-refractivity contribution in [3.05, 3.63) is 107 Å². The number of nitrogens with two attached hydrogens (primary N) is 1. The number of aromatic hydroxyl groups is 1. The van der Waals surface area contributed by atoms with E-state index in [1.54, 1.807) is 23.5 Å². The number of anilines is 3. The van der Waals surface area contributed by atoms with Crippen molar-refractivity contribution in [2.24, 2.45) is 5.92 Å². The van der Waals surface area contributed by atoms with E-state index in [1.807, 2.05) is 87.9 Å². The van der Waals surface area contributed by atoms with Gasteiger partial charge in [0.25, 0.3) is 0 Å². The van der Waals surface area contributed by atoms with E-state index < -0.39 is 18.1 Å². The number of pyridine rings is 1. The molecule has 2 aromatic carbocycles. The van der Waals surface area contributed by atoms with E-state index in [0.29, 0.717) is 40.8 Å². The number of rotatable bonds is 18. The molecule has 4 aliphatic heterocycles. The van der Waals surface area contributed by atoms with E-state index in [9.17, 15) is 19.8 Å². The third-order valence-electron chi connectivity index (χ3n) is 16.4. The molecule has 2 bridgehead atoms. The number of aliphatic hydroxyl groups is 1. The van der Waals surface area contributed by atoms with E-state index in [-0.39, 0.29) is 60.8 Å². The molecule has 6 atom stereocenters.